The molecule has 2 aliphatic heterocycles. The van der Waals surface area contributed by atoms with Gasteiger partial charge in [-0.15, -0.1) is 0 Å². The van der Waals surface area contributed by atoms with Crippen LogP contribution in [0.1, 0.15) is 45.1 Å². The van der Waals surface area contributed by atoms with E-state index in [1.807, 2.05) is 49.4 Å². The van der Waals surface area contributed by atoms with Crippen molar-refractivity contribution in [3.8, 4) is 0 Å². The van der Waals surface area contributed by atoms with Gasteiger partial charge in [-0.2, -0.15) is 0 Å². The lowest BCUT2D eigenvalue weighted by atomic mass is 9.59. The number of nitrogens with one attached hydrogen (secondary N) is 1. The summed E-state index contributed by atoms with van der Waals surface area (Å²) in [7, 11) is 0. The smallest absolute Gasteiger partial charge is 0.331 e. The van der Waals surface area contributed by atoms with E-state index in [1.54, 1.807) is 6.08 Å². The fraction of sp³-hybridized carbons (Fsp3) is 0.517. The summed E-state index contributed by atoms with van der Waals surface area (Å²) >= 11 is 0. The van der Waals surface area contributed by atoms with Crippen LogP contribution in [0.2, 0.25) is 0 Å². The molecule has 0 radical (unpaired) electrons. The van der Waals surface area contributed by atoms with Crippen LogP contribution in [0, 0.1) is 23.7 Å². The molecule has 3 aliphatic rings. The van der Waals surface area contributed by atoms with Crippen LogP contribution >= 0.6 is 0 Å². The van der Waals surface area contributed by atoms with Gasteiger partial charge < -0.3 is 20.3 Å². The molecule has 1 spiro atoms. The van der Waals surface area contributed by atoms with Crippen LogP contribution < -0.4 is 5.32 Å². The second-order valence-electron chi connectivity index (χ2n) is 10.5. The first kappa shape index (κ1) is 25.4. The van der Waals surface area contributed by atoms with Gasteiger partial charge in [0.1, 0.15) is 0 Å². The van der Waals surface area contributed by atoms with Gasteiger partial charge in [0.2, 0.25) is 5.60 Å². The molecular formula is C29H37NO5. The van der Waals surface area contributed by atoms with Gasteiger partial charge >= 0.3 is 5.97 Å². The first-order valence-electron chi connectivity index (χ1n) is 12.7. The monoisotopic (exact) mass is 479 g/mol. The summed E-state index contributed by atoms with van der Waals surface area (Å²) in [5.41, 5.74) is 0.170. The van der Waals surface area contributed by atoms with Crippen LogP contribution in [0.25, 0.3) is 0 Å². The molecule has 2 heterocycles. The molecule has 35 heavy (non-hydrogen) atoms. The quantitative estimate of drug-likeness (QED) is 0.446. The molecular weight excluding hydrogens is 442 g/mol. The normalized spacial score (nSPS) is 38.2. The van der Waals surface area contributed by atoms with E-state index in [0.29, 0.717) is 30.8 Å². The molecule has 1 saturated carbocycles. The van der Waals surface area contributed by atoms with Crippen molar-refractivity contribution in [2.45, 2.75) is 69.8 Å². The SMILES string of the molecule is C=C1[C@@H](C)[C@H]2[C@H](Cc3ccccc3)NC(=O)[C@]23OC(=O)C=CC[C@H](O)CC[C@@H](C)CC=C[C@H]3[C@@H]1O. The van der Waals surface area contributed by atoms with Crippen molar-refractivity contribution in [3.63, 3.8) is 0 Å². The summed E-state index contributed by atoms with van der Waals surface area (Å²) < 4.78 is 6.07. The van der Waals surface area contributed by atoms with E-state index in [9.17, 15) is 19.8 Å². The molecule has 8 atom stereocenters. The number of esters is 1. The summed E-state index contributed by atoms with van der Waals surface area (Å²) in [6, 6.07) is 9.62. The number of hydrogen-bond acceptors (Lipinski definition) is 5. The summed E-state index contributed by atoms with van der Waals surface area (Å²) in [6.45, 7) is 8.25. The lowest BCUT2D eigenvalue weighted by Gasteiger charge is -2.49. The van der Waals surface area contributed by atoms with E-state index in [4.69, 9.17) is 4.74 Å². The summed E-state index contributed by atoms with van der Waals surface area (Å²) in [5.74, 6) is -2.08. The van der Waals surface area contributed by atoms with Crippen molar-refractivity contribution in [2.24, 2.45) is 23.7 Å². The predicted molar refractivity (Wildman–Crippen MR) is 134 cm³/mol. The molecule has 188 valence electrons. The molecule has 1 aromatic rings. The molecule has 4 rings (SSSR count). The van der Waals surface area contributed by atoms with Crippen LogP contribution in [0.15, 0.2) is 66.8 Å². The van der Waals surface area contributed by atoms with Gasteiger partial charge in [0.25, 0.3) is 5.91 Å². The summed E-state index contributed by atoms with van der Waals surface area (Å²) in [5, 5.41) is 24.7. The second-order valence-corrected chi connectivity index (χ2v) is 10.5. The maximum Gasteiger partial charge on any atom is 0.331 e. The maximum atomic E-state index is 13.7. The molecule has 0 aromatic heterocycles. The van der Waals surface area contributed by atoms with E-state index < -0.39 is 35.6 Å². The van der Waals surface area contributed by atoms with Crippen LogP contribution in [0.5, 0.6) is 0 Å². The van der Waals surface area contributed by atoms with Gasteiger partial charge in [0.15, 0.2) is 0 Å². The van der Waals surface area contributed by atoms with Crippen LogP contribution in [-0.2, 0) is 20.7 Å². The number of hydrogen-bond donors (Lipinski definition) is 3. The molecule has 0 bridgehead atoms. The minimum atomic E-state index is -1.55. The average molecular weight is 480 g/mol. The third-order valence-corrected chi connectivity index (χ3v) is 8.04. The van der Waals surface area contributed by atoms with Gasteiger partial charge in [-0.1, -0.05) is 69.0 Å². The van der Waals surface area contributed by atoms with Crippen molar-refractivity contribution >= 4 is 11.9 Å². The number of aliphatic hydroxyl groups is 2. The van der Waals surface area contributed by atoms with Gasteiger partial charge in [-0.05, 0) is 55.1 Å². The topological polar surface area (TPSA) is 95.9 Å². The van der Waals surface area contributed by atoms with Crippen molar-refractivity contribution in [1.29, 1.82) is 0 Å². The molecule has 1 aromatic carbocycles. The average Bonchev–Trinajstić information content (AvgIpc) is 3.09. The highest BCUT2D eigenvalue weighted by Gasteiger charge is 2.67. The Hall–Kier alpha value is -2.70. The first-order chi connectivity index (χ1) is 16.7. The van der Waals surface area contributed by atoms with E-state index in [2.05, 4.69) is 18.8 Å². The number of benzene rings is 1. The zero-order valence-corrected chi connectivity index (χ0v) is 20.6. The third kappa shape index (κ3) is 5.00. The highest BCUT2D eigenvalue weighted by molar-refractivity contribution is 5.94. The number of allylic oxidation sites excluding steroid dienone is 1. The third-order valence-electron chi connectivity index (χ3n) is 8.04. The van der Waals surface area contributed by atoms with Gasteiger partial charge in [0, 0.05) is 18.0 Å². The van der Waals surface area contributed by atoms with Crippen LogP contribution in [-0.4, -0.2) is 45.9 Å². The maximum absolute atomic E-state index is 13.7. The lowest BCUT2D eigenvalue weighted by molar-refractivity contribution is -0.182. The molecule has 1 saturated heterocycles. The Balaban J connectivity index is 1.77. The predicted octanol–water partition coefficient (Wildman–Crippen LogP) is 3.49. The molecule has 1 amide bonds. The number of amides is 1. The van der Waals surface area contributed by atoms with Gasteiger partial charge in [-0.25, -0.2) is 4.79 Å². The Bertz CT molecular complexity index is 1000. The zero-order chi connectivity index (χ0) is 25.2. The minimum Gasteiger partial charge on any atom is -0.445 e. The second kappa shape index (κ2) is 10.5. The minimum absolute atomic E-state index is 0.251. The van der Waals surface area contributed by atoms with E-state index >= 15 is 0 Å². The Labute approximate surface area is 207 Å². The molecule has 6 nitrogen and oxygen atoms in total. The fourth-order valence-electron chi connectivity index (χ4n) is 6.05. The number of carbonyl (C=O) groups is 2. The Morgan fingerprint density at radius 2 is 1.83 bits per heavy atom. The molecule has 6 heteroatoms. The van der Waals surface area contributed by atoms with Crippen molar-refractivity contribution < 1.29 is 24.5 Å². The Morgan fingerprint density at radius 3 is 2.57 bits per heavy atom. The standard InChI is InChI=1S/C29H37NO5/c1-18-9-7-13-23-27(33)20(3)19(2)26-24(17-21-10-5-4-6-11-21)30-28(34)29(23,26)35-25(32)14-8-12-22(31)16-15-18/h4-8,10-11,13-14,18-19,22-24,26-27,31,33H,3,9,12,15-17H2,1-2H3,(H,30,34)/t18-,19+,22-,23-,24-,26-,27+,29+/m0/s1. The molecule has 2 fully saturated rings. The lowest BCUT2D eigenvalue weighted by Crippen LogP contribution is -2.61. The number of carbonyl (C=O) groups excluding carboxylic acids is 2. The molecule has 1 aliphatic carbocycles. The largest absolute Gasteiger partial charge is 0.445 e. The van der Waals surface area contributed by atoms with Crippen LogP contribution in [0.4, 0.5) is 0 Å². The van der Waals surface area contributed by atoms with Gasteiger partial charge in [-0.3, -0.25) is 4.79 Å². The Kier molecular flexibility index (Phi) is 7.62. The van der Waals surface area contributed by atoms with Crippen LogP contribution in [0.3, 0.4) is 0 Å². The zero-order valence-electron chi connectivity index (χ0n) is 20.6. The fourth-order valence-corrected chi connectivity index (χ4v) is 6.05. The van der Waals surface area contributed by atoms with Gasteiger partial charge in [0.05, 0.1) is 18.1 Å². The van der Waals surface area contributed by atoms with Crippen molar-refractivity contribution in [2.75, 3.05) is 0 Å². The van der Waals surface area contributed by atoms with E-state index in [-0.39, 0.29) is 17.9 Å². The van der Waals surface area contributed by atoms with Crippen molar-refractivity contribution in [3.05, 3.63) is 72.4 Å². The number of ether oxygens (including phenoxy) is 1. The van der Waals surface area contributed by atoms with E-state index in [0.717, 1.165) is 18.4 Å². The number of aliphatic hydroxyl groups excluding tert-OH is 2. The Morgan fingerprint density at radius 1 is 1.09 bits per heavy atom. The highest BCUT2D eigenvalue weighted by atomic mass is 16.6. The summed E-state index contributed by atoms with van der Waals surface area (Å²) in [6.07, 6.45) is 8.32. The number of rotatable bonds is 2. The van der Waals surface area contributed by atoms with E-state index in [1.165, 1.54) is 6.08 Å². The van der Waals surface area contributed by atoms with Crippen molar-refractivity contribution in [1.82, 2.24) is 5.32 Å². The highest BCUT2D eigenvalue weighted by Crippen LogP contribution is 2.52. The first-order valence-corrected chi connectivity index (χ1v) is 12.7. The summed E-state index contributed by atoms with van der Waals surface area (Å²) in [4.78, 5) is 26.7. The molecule has 0 unspecified atom stereocenters. The molecule has 3 N–H and O–H groups in total.